The minimum absolute atomic E-state index is 0.0613. The molecule has 0 saturated heterocycles. The van der Waals surface area contributed by atoms with Gasteiger partial charge in [-0.15, -0.1) is 0 Å². The average molecular weight is 442 g/mol. The fraction of sp³-hybridized carbons (Fsp3) is 0.348. The van der Waals surface area contributed by atoms with Crippen molar-refractivity contribution < 1.29 is 19.4 Å². The molecule has 31 heavy (non-hydrogen) atoms. The summed E-state index contributed by atoms with van der Waals surface area (Å²) in [6, 6.07) is 14.0. The maximum absolute atomic E-state index is 12.2. The van der Waals surface area contributed by atoms with Gasteiger partial charge in [0.25, 0.3) is 5.19 Å². The largest absolute Gasteiger partial charge is 0.480 e. The quantitative estimate of drug-likeness (QED) is 0.439. The van der Waals surface area contributed by atoms with E-state index in [0.29, 0.717) is 23.8 Å². The number of aromatic nitrogens is 1. The number of hydrogen-bond donors (Lipinski definition) is 3. The van der Waals surface area contributed by atoms with E-state index in [0.717, 1.165) is 15.8 Å². The van der Waals surface area contributed by atoms with Crippen molar-refractivity contribution in [1.82, 2.24) is 10.3 Å². The molecule has 0 radical (unpaired) electrons. The Kier molecular flexibility index (Phi) is 7.59. The molecule has 2 atom stereocenters. The van der Waals surface area contributed by atoms with Gasteiger partial charge in [0, 0.05) is 12.5 Å². The van der Waals surface area contributed by atoms with Gasteiger partial charge in [0.05, 0.1) is 10.2 Å². The Labute approximate surface area is 185 Å². The molecule has 0 unspecified atom stereocenters. The summed E-state index contributed by atoms with van der Waals surface area (Å²) in [5, 5.41) is 12.4. The Hall–Kier alpha value is -2.97. The van der Waals surface area contributed by atoms with Gasteiger partial charge in [0.1, 0.15) is 11.8 Å². The van der Waals surface area contributed by atoms with Crippen LogP contribution in [0, 0.1) is 5.92 Å². The van der Waals surface area contributed by atoms with E-state index in [1.54, 1.807) is 0 Å². The number of fused-ring (bicyclic) bond motifs is 1. The van der Waals surface area contributed by atoms with Gasteiger partial charge in [-0.1, -0.05) is 49.4 Å². The van der Waals surface area contributed by atoms with E-state index in [9.17, 15) is 14.7 Å². The van der Waals surface area contributed by atoms with Crippen LogP contribution in [0.3, 0.4) is 0 Å². The SMILES string of the molecule is CC(C)C[C@H](NC(=O)C[C@H](N)Cc1ccc(Oc2nc3ccccc3s2)cc1)C(=O)O. The lowest BCUT2D eigenvalue weighted by Crippen LogP contribution is -2.43. The predicted molar refractivity (Wildman–Crippen MR) is 121 cm³/mol. The van der Waals surface area contributed by atoms with Crippen LogP contribution in [0.1, 0.15) is 32.3 Å². The first-order chi connectivity index (χ1) is 14.8. The second-order valence-corrected chi connectivity index (χ2v) is 8.94. The minimum atomic E-state index is -1.03. The van der Waals surface area contributed by atoms with Crippen molar-refractivity contribution >= 4 is 33.4 Å². The van der Waals surface area contributed by atoms with E-state index >= 15 is 0 Å². The molecular weight excluding hydrogens is 414 g/mol. The van der Waals surface area contributed by atoms with E-state index < -0.39 is 18.1 Å². The van der Waals surface area contributed by atoms with Gasteiger partial charge in [0.15, 0.2) is 0 Å². The van der Waals surface area contributed by atoms with Crippen molar-refractivity contribution in [2.75, 3.05) is 0 Å². The fourth-order valence-corrected chi connectivity index (χ4v) is 4.08. The molecular formula is C23H27N3O4S. The molecule has 0 fully saturated rings. The van der Waals surface area contributed by atoms with Crippen LogP contribution in [-0.2, 0) is 16.0 Å². The van der Waals surface area contributed by atoms with Crippen molar-refractivity contribution in [3.05, 3.63) is 54.1 Å². The number of carbonyl (C=O) groups is 2. The summed E-state index contributed by atoms with van der Waals surface area (Å²) in [7, 11) is 0. The maximum atomic E-state index is 12.2. The molecule has 1 amide bonds. The number of benzene rings is 2. The van der Waals surface area contributed by atoms with E-state index in [4.69, 9.17) is 10.5 Å². The summed E-state index contributed by atoms with van der Waals surface area (Å²) in [6.07, 6.45) is 0.940. The third kappa shape index (κ3) is 6.77. The van der Waals surface area contributed by atoms with Gasteiger partial charge in [-0.2, -0.15) is 0 Å². The van der Waals surface area contributed by atoms with Crippen molar-refractivity contribution in [3.8, 4) is 10.9 Å². The van der Waals surface area contributed by atoms with Gasteiger partial charge >= 0.3 is 5.97 Å². The first-order valence-corrected chi connectivity index (χ1v) is 11.0. The smallest absolute Gasteiger partial charge is 0.326 e. The van der Waals surface area contributed by atoms with Crippen LogP contribution >= 0.6 is 11.3 Å². The second kappa shape index (κ2) is 10.4. The molecule has 8 heteroatoms. The van der Waals surface area contributed by atoms with E-state index in [1.165, 1.54) is 11.3 Å². The van der Waals surface area contributed by atoms with Gasteiger partial charge in [0.2, 0.25) is 5.91 Å². The number of carbonyl (C=O) groups excluding carboxylic acids is 1. The molecule has 0 saturated carbocycles. The molecule has 3 rings (SSSR count). The zero-order chi connectivity index (χ0) is 22.4. The van der Waals surface area contributed by atoms with Crippen molar-refractivity contribution in [2.45, 2.75) is 45.2 Å². The maximum Gasteiger partial charge on any atom is 0.326 e. The lowest BCUT2D eigenvalue weighted by atomic mass is 10.0. The average Bonchev–Trinajstić information content (AvgIpc) is 3.10. The highest BCUT2D eigenvalue weighted by molar-refractivity contribution is 7.20. The number of amides is 1. The Morgan fingerprint density at radius 2 is 1.87 bits per heavy atom. The lowest BCUT2D eigenvalue weighted by molar-refractivity contribution is -0.142. The molecule has 1 aromatic heterocycles. The number of nitrogens with zero attached hydrogens (tertiary/aromatic N) is 1. The molecule has 1 heterocycles. The van der Waals surface area contributed by atoms with Crippen molar-refractivity contribution in [2.24, 2.45) is 11.7 Å². The molecule has 7 nitrogen and oxygen atoms in total. The van der Waals surface area contributed by atoms with Gasteiger partial charge in [-0.25, -0.2) is 9.78 Å². The van der Waals surface area contributed by atoms with Crippen molar-refractivity contribution in [1.29, 1.82) is 0 Å². The molecule has 0 spiro atoms. The number of carboxylic acid groups (broad SMARTS) is 1. The third-order valence-corrected chi connectivity index (χ3v) is 5.60. The fourth-order valence-electron chi connectivity index (χ4n) is 3.25. The van der Waals surface area contributed by atoms with Crippen LogP contribution < -0.4 is 15.8 Å². The van der Waals surface area contributed by atoms with Crippen LogP contribution in [0.4, 0.5) is 0 Å². The van der Waals surface area contributed by atoms with Gasteiger partial charge in [-0.3, -0.25) is 4.79 Å². The summed E-state index contributed by atoms with van der Waals surface area (Å²) in [6.45, 7) is 3.83. The normalized spacial score (nSPS) is 13.2. The monoisotopic (exact) mass is 441 g/mol. The molecule has 0 aliphatic rings. The Bertz CT molecular complexity index is 1000. The number of aliphatic carboxylic acids is 1. The molecule has 0 aliphatic carbocycles. The van der Waals surface area contributed by atoms with E-state index in [-0.39, 0.29) is 18.2 Å². The highest BCUT2D eigenvalue weighted by Gasteiger charge is 2.22. The number of para-hydroxylation sites is 1. The highest BCUT2D eigenvalue weighted by Crippen LogP contribution is 2.31. The van der Waals surface area contributed by atoms with Crippen LogP contribution in [0.5, 0.6) is 10.9 Å². The Morgan fingerprint density at radius 3 is 2.52 bits per heavy atom. The summed E-state index contributed by atoms with van der Waals surface area (Å²) >= 11 is 1.48. The standard InChI is InChI=1S/C23H27N3O4S/c1-14(2)11-19(22(28)29)25-21(27)13-16(24)12-15-7-9-17(10-8-15)30-23-26-18-5-3-4-6-20(18)31-23/h3-10,14,16,19H,11-13,24H2,1-2H3,(H,25,27)(H,28,29)/t16-,19+/m1/s1. The zero-order valence-electron chi connectivity index (χ0n) is 17.6. The molecule has 2 aromatic carbocycles. The topological polar surface area (TPSA) is 115 Å². The van der Waals surface area contributed by atoms with Crippen LogP contribution in [-0.4, -0.2) is 34.1 Å². The predicted octanol–water partition coefficient (Wildman–Crippen LogP) is 3.96. The first kappa shape index (κ1) is 22.7. The number of ether oxygens (including phenoxy) is 1. The van der Waals surface area contributed by atoms with Crippen molar-refractivity contribution in [3.63, 3.8) is 0 Å². The first-order valence-electron chi connectivity index (χ1n) is 10.2. The number of nitrogens with one attached hydrogen (secondary N) is 1. The summed E-state index contributed by atoms with van der Waals surface area (Å²) in [4.78, 5) is 27.9. The number of rotatable bonds is 10. The van der Waals surface area contributed by atoms with Gasteiger partial charge < -0.3 is 20.9 Å². The minimum Gasteiger partial charge on any atom is -0.480 e. The Morgan fingerprint density at radius 1 is 1.16 bits per heavy atom. The van der Waals surface area contributed by atoms with Crippen LogP contribution in [0.25, 0.3) is 10.2 Å². The number of carboxylic acids is 1. The van der Waals surface area contributed by atoms with Crippen LogP contribution in [0.15, 0.2) is 48.5 Å². The number of thiazole rings is 1. The summed E-state index contributed by atoms with van der Waals surface area (Å²) in [5.74, 6) is -0.540. The van der Waals surface area contributed by atoms with E-state index in [1.807, 2.05) is 62.4 Å². The summed E-state index contributed by atoms with van der Waals surface area (Å²) < 4.78 is 6.91. The number of nitrogens with two attached hydrogens (primary N) is 1. The highest BCUT2D eigenvalue weighted by atomic mass is 32.1. The molecule has 4 N–H and O–H groups in total. The molecule has 0 bridgehead atoms. The third-order valence-electron chi connectivity index (χ3n) is 4.69. The van der Waals surface area contributed by atoms with Crippen LogP contribution in [0.2, 0.25) is 0 Å². The second-order valence-electron chi connectivity index (χ2n) is 7.95. The molecule has 0 aliphatic heterocycles. The summed E-state index contributed by atoms with van der Waals surface area (Å²) in [5.41, 5.74) is 7.99. The van der Waals surface area contributed by atoms with E-state index in [2.05, 4.69) is 10.3 Å². The number of hydrogen-bond acceptors (Lipinski definition) is 6. The molecule has 164 valence electrons. The molecule has 3 aromatic rings. The zero-order valence-corrected chi connectivity index (χ0v) is 18.4. The lowest BCUT2D eigenvalue weighted by Gasteiger charge is -2.18. The Balaban J connectivity index is 1.51. The van der Waals surface area contributed by atoms with Gasteiger partial charge in [-0.05, 0) is 48.6 Å².